The van der Waals surface area contributed by atoms with Gasteiger partial charge in [-0.05, 0) is 63.0 Å². The van der Waals surface area contributed by atoms with Crippen LogP contribution in [0.2, 0.25) is 0 Å². The molecule has 1 aromatic carbocycles. The Morgan fingerprint density at radius 1 is 1.07 bits per heavy atom. The Labute approximate surface area is 155 Å². The van der Waals surface area contributed by atoms with Crippen LogP contribution < -0.4 is 0 Å². The van der Waals surface area contributed by atoms with Crippen LogP contribution in [-0.4, -0.2) is 47.9 Å². The molecule has 3 heterocycles. The van der Waals surface area contributed by atoms with Crippen molar-refractivity contribution < 1.29 is 22.4 Å². The van der Waals surface area contributed by atoms with E-state index in [1.54, 1.807) is 0 Å². The van der Waals surface area contributed by atoms with Gasteiger partial charge in [0.15, 0.2) is 5.76 Å². The van der Waals surface area contributed by atoms with Gasteiger partial charge in [0.2, 0.25) is 0 Å². The van der Waals surface area contributed by atoms with Crippen molar-refractivity contribution in [3.05, 3.63) is 35.6 Å². The molecule has 27 heavy (non-hydrogen) atoms. The largest absolute Gasteiger partial charge is 0.451 e. The van der Waals surface area contributed by atoms with Crippen LogP contribution >= 0.6 is 0 Å². The summed E-state index contributed by atoms with van der Waals surface area (Å²) in [5, 5.41) is 0.306. The van der Waals surface area contributed by atoms with E-state index in [9.17, 15) is 18.0 Å². The lowest BCUT2D eigenvalue weighted by Crippen LogP contribution is -2.44. The fraction of sp³-hybridized carbons (Fsp3) is 0.550. The summed E-state index contributed by atoms with van der Waals surface area (Å²) in [6, 6.07) is 4.88. The maximum Gasteiger partial charge on any atom is 0.416 e. The van der Waals surface area contributed by atoms with E-state index >= 15 is 0 Å². The van der Waals surface area contributed by atoms with Crippen molar-refractivity contribution in [1.29, 1.82) is 0 Å². The molecule has 1 amide bonds. The summed E-state index contributed by atoms with van der Waals surface area (Å²) in [6.07, 6.45) is 1.16. The first-order chi connectivity index (χ1) is 12.9. The molecule has 4 nitrogen and oxygen atoms in total. The Hall–Kier alpha value is -2.02. The summed E-state index contributed by atoms with van der Waals surface area (Å²) in [6.45, 7) is 3.68. The predicted octanol–water partition coefficient (Wildman–Crippen LogP) is 4.54. The molecule has 0 unspecified atom stereocenters. The van der Waals surface area contributed by atoms with Crippen molar-refractivity contribution in [2.24, 2.45) is 0 Å². The number of benzene rings is 1. The number of fused-ring (bicyclic) bond motifs is 1. The van der Waals surface area contributed by atoms with Crippen molar-refractivity contribution >= 4 is 16.9 Å². The molecule has 0 N–H and O–H groups in total. The van der Waals surface area contributed by atoms with Gasteiger partial charge in [0.1, 0.15) is 5.58 Å². The van der Waals surface area contributed by atoms with Crippen LogP contribution in [0.25, 0.3) is 11.0 Å². The molecule has 0 spiro atoms. The lowest BCUT2D eigenvalue weighted by atomic mass is 10.1. The van der Waals surface area contributed by atoms with Crippen LogP contribution in [0.5, 0.6) is 0 Å². The first-order valence-corrected chi connectivity index (χ1v) is 9.56. The molecule has 2 aliphatic rings. The molecule has 2 aromatic rings. The second-order valence-electron chi connectivity index (χ2n) is 7.52. The van der Waals surface area contributed by atoms with E-state index in [1.165, 1.54) is 31.4 Å². The molecular weight excluding hydrogens is 357 g/mol. The highest BCUT2D eigenvalue weighted by Gasteiger charge is 2.34. The lowest BCUT2D eigenvalue weighted by molar-refractivity contribution is -0.137. The van der Waals surface area contributed by atoms with Gasteiger partial charge in [0.05, 0.1) is 5.56 Å². The number of furan rings is 1. The van der Waals surface area contributed by atoms with Crippen LogP contribution in [-0.2, 0) is 6.18 Å². The minimum Gasteiger partial charge on any atom is -0.451 e. The number of carbonyl (C=O) groups is 1. The third kappa shape index (κ3) is 3.83. The van der Waals surface area contributed by atoms with Crippen molar-refractivity contribution in [3.8, 4) is 0 Å². The number of hydrogen-bond acceptors (Lipinski definition) is 3. The van der Waals surface area contributed by atoms with Crippen molar-refractivity contribution in [2.75, 3.05) is 26.2 Å². The summed E-state index contributed by atoms with van der Waals surface area (Å²) in [7, 11) is 0. The van der Waals surface area contributed by atoms with Gasteiger partial charge in [-0.25, -0.2) is 0 Å². The van der Waals surface area contributed by atoms with E-state index in [4.69, 9.17) is 4.42 Å². The molecule has 1 atom stereocenters. The number of rotatable bonds is 3. The zero-order chi connectivity index (χ0) is 19.0. The summed E-state index contributed by atoms with van der Waals surface area (Å²) in [4.78, 5) is 17.2. The van der Waals surface area contributed by atoms with Gasteiger partial charge in [0.25, 0.3) is 5.91 Å². The third-order valence-corrected chi connectivity index (χ3v) is 5.61. The van der Waals surface area contributed by atoms with Crippen LogP contribution in [0.4, 0.5) is 13.2 Å². The van der Waals surface area contributed by atoms with E-state index in [2.05, 4.69) is 4.90 Å². The molecule has 2 aliphatic heterocycles. The topological polar surface area (TPSA) is 36.7 Å². The fourth-order valence-electron chi connectivity index (χ4n) is 4.20. The number of hydrogen-bond donors (Lipinski definition) is 0. The first-order valence-electron chi connectivity index (χ1n) is 9.56. The highest BCUT2D eigenvalue weighted by atomic mass is 19.4. The SMILES string of the molecule is O=C(c1cc2cc(C(F)(F)F)ccc2o1)N1CCC[C@H]1CN1CCCCC1. The minimum absolute atomic E-state index is 0.120. The van der Waals surface area contributed by atoms with E-state index in [0.717, 1.165) is 44.6 Å². The monoisotopic (exact) mass is 380 g/mol. The number of alkyl halides is 3. The van der Waals surface area contributed by atoms with Gasteiger partial charge in [0, 0.05) is 24.5 Å². The molecule has 0 saturated carbocycles. The molecule has 146 valence electrons. The standard InChI is InChI=1S/C20H23F3N2O2/c21-20(22,23)15-6-7-17-14(11-15)12-18(27-17)19(26)25-10-4-5-16(25)13-24-8-2-1-3-9-24/h6-7,11-12,16H,1-5,8-10,13H2/t16-/m0/s1. The number of amides is 1. The number of halogens is 3. The van der Waals surface area contributed by atoms with E-state index in [0.29, 0.717) is 17.5 Å². The Morgan fingerprint density at radius 2 is 1.85 bits per heavy atom. The minimum atomic E-state index is -4.41. The molecule has 2 fully saturated rings. The highest BCUT2D eigenvalue weighted by molar-refractivity contribution is 5.96. The average molecular weight is 380 g/mol. The van der Waals surface area contributed by atoms with Crippen molar-refractivity contribution in [3.63, 3.8) is 0 Å². The predicted molar refractivity (Wildman–Crippen MR) is 95.6 cm³/mol. The molecule has 0 aliphatic carbocycles. The Bertz CT molecular complexity index is 824. The average Bonchev–Trinajstić information content (AvgIpc) is 3.27. The lowest BCUT2D eigenvalue weighted by Gasteiger charge is -2.32. The second kappa shape index (κ2) is 7.19. The van der Waals surface area contributed by atoms with Crippen LogP contribution in [0.1, 0.15) is 48.2 Å². The van der Waals surface area contributed by atoms with Gasteiger partial charge in [-0.3, -0.25) is 4.79 Å². The molecule has 2 saturated heterocycles. The molecule has 0 bridgehead atoms. The highest BCUT2D eigenvalue weighted by Crippen LogP contribution is 2.33. The van der Waals surface area contributed by atoms with Gasteiger partial charge < -0.3 is 14.2 Å². The zero-order valence-corrected chi connectivity index (χ0v) is 15.1. The second-order valence-corrected chi connectivity index (χ2v) is 7.52. The smallest absolute Gasteiger partial charge is 0.416 e. The molecule has 1 aromatic heterocycles. The fourth-order valence-corrected chi connectivity index (χ4v) is 4.20. The van der Waals surface area contributed by atoms with Gasteiger partial charge in [-0.1, -0.05) is 6.42 Å². The Morgan fingerprint density at radius 3 is 2.59 bits per heavy atom. The van der Waals surface area contributed by atoms with Gasteiger partial charge in [-0.2, -0.15) is 13.2 Å². The summed E-state index contributed by atoms with van der Waals surface area (Å²) < 4.78 is 44.2. The summed E-state index contributed by atoms with van der Waals surface area (Å²) in [5.74, 6) is -0.103. The molecule has 4 rings (SSSR count). The van der Waals surface area contributed by atoms with E-state index in [-0.39, 0.29) is 17.7 Å². The molecule has 0 radical (unpaired) electrons. The van der Waals surface area contributed by atoms with Crippen molar-refractivity contribution in [1.82, 2.24) is 9.80 Å². The number of carbonyl (C=O) groups excluding carboxylic acids is 1. The summed E-state index contributed by atoms with van der Waals surface area (Å²) >= 11 is 0. The summed E-state index contributed by atoms with van der Waals surface area (Å²) in [5.41, 5.74) is -0.433. The van der Waals surface area contributed by atoms with Crippen LogP contribution in [0.15, 0.2) is 28.7 Å². The molecular formula is C20H23F3N2O2. The van der Waals surface area contributed by atoms with Crippen LogP contribution in [0.3, 0.4) is 0 Å². The van der Waals surface area contributed by atoms with E-state index in [1.807, 2.05) is 4.90 Å². The van der Waals surface area contributed by atoms with Gasteiger partial charge in [-0.15, -0.1) is 0 Å². The number of likely N-dealkylation sites (tertiary alicyclic amines) is 2. The van der Waals surface area contributed by atoms with Gasteiger partial charge >= 0.3 is 6.18 Å². The number of nitrogens with zero attached hydrogens (tertiary/aromatic N) is 2. The normalized spacial score (nSPS) is 21.9. The zero-order valence-electron chi connectivity index (χ0n) is 15.1. The Kier molecular flexibility index (Phi) is 4.88. The maximum atomic E-state index is 12.9. The molecule has 7 heteroatoms. The number of piperidine rings is 1. The first kappa shape index (κ1) is 18.3. The maximum absolute atomic E-state index is 12.9. The third-order valence-electron chi connectivity index (χ3n) is 5.61. The van der Waals surface area contributed by atoms with Crippen molar-refractivity contribution in [2.45, 2.75) is 44.3 Å². The Balaban J connectivity index is 1.52. The quantitative estimate of drug-likeness (QED) is 0.784. The van der Waals surface area contributed by atoms with E-state index < -0.39 is 11.7 Å². The van der Waals surface area contributed by atoms with Crippen LogP contribution in [0, 0.1) is 0 Å².